The average molecular weight is 190 g/mol. The Morgan fingerprint density at radius 3 is 2.46 bits per heavy atom. The van der Waals surface area contributed by atoms with Crippen molar-refractivity contribution < 1.29 is 0 Å². The topological polar surface area (TPSA) is 0 Å². The molecule has 0 fully saturated rings. The van der Waals surface area contributed by atoms with Crippen molar-refractivity contribution >= 4 is 13.2 Å². The highest BCUT2D eigenvalue weighted by molar-refractivity contribution is 7.70. The third kappa shape index (κ3) is 1.69. The Morgan fingerprint density at radius 1 is 1.23 bits per heavy atom. The van der Waals surface area contributed by atoms with Crippen LogP contribution in [0.25, 0.3) is 0 Å². The summed E-state index contributed by atoms with van der Waals surface area (Å²) < 4.78 is 0. The second-order valence-electron chi connectivity index (χ2n) is 3.64. The van der Waals surface area contributed by atoms with Crippen LogP contribution in [0, 0.1) is 0 Å². The van der Waals surface area contributed by atoms with E-state index in [0.717, 1.165) is 5.66 Å². The molecule has 0 aromatic heterocycles. The minimum Gasteiger partial charge on any atom is -0.0802 e. The van der Waals surface area contributed by atoms with E-state index in [1.807, 2.05) is 0 Å². The van der Waals surface area contributed by atoms with Crippen LogP contribution >= 0.6 is 7.92 Å². The van der Waals surface area contributed by atoms with Gasteiger partial charge in [0.05, 0.1) is 0 Å². The SMILES string of the molecule is CC1=CC[C@@H](C)[P@]1c1ccccc1. The molecule has 2 rings (SSSR count). The molecule has 1 heteroatoms. The molecular formula is C12H15P. The lowest BCUT2D eigenvalue weighted by Crippen LogP contribution is -2.06. The van der Waals surface area contributed by atoms with Crippen LogP contribution < -0.4 is 5.30 Å². The Labute approximate surface area is 81.4 Å². The van der Waals surface area contributed by atoms with E-state index in [9.17, 15) is 0 Å². The van der Waals surface area contributed by atoms with Crippen molar-refractivity contribution in [1.82, 2.24) is 0 Å². The van der Waals surface area contributed by atoms with Gasteiger partial charge in [-0.15, -0.1) is 0 Å². The summed E-state index contributed by atoms with van der Waals surface area (Å²) in [5.41, 5.74) is 0.845. The largest absolute Gasteiger partial charge is 0.0802 e. The van der Waals surface area contributed by atoms with Crippen LogP contribution in [0.15, 0.2) is 41.7 Å². The van der Waals surface area contributed by atoms with Gasteiger partial charge >= 0.3 is 0 Å². The fraction of sp³-hybridized carbons (Fsp3) is 0.333. The molecule has 0 nitrogen and oxygen atoms in total. The van der Waals surface area contributed by atoms with Gasteiger partial charge in [-0.05, 0) is 37.5 Å². The highest BCUT2D eigenvalue weighted by Gasteiger charge is 2.24. The van der Waals surface area contributed by atoms with Gasteiger partial charge in [0.2, 0.25) is 0 Å². The first-order valence-electron chi connectivity index (χ1n) is 4.80. The van der Waals surface area contributed by atoms with Gasteiger partial charge in [0.15, 0.2) is 0 Å². The lowest BCUT2D eigenvalue weighted by Gasteiger charge is -2.18. The summed E-state index contributed by atoms with van der Waals surface area (Å²) in [7, 11) is -0.00154. The molecule has 68 valence electrons. The van der Waals surface area contributed by atoms with Gasteiger partial charge in [-0.1, -0.05) is 43.3 Å². The molecule has 0 spiro atoms. The number of hydrogen-bond acceptors (Lipinski definition) is 0. The van der Waals surface area contributed by atoms with Crippen LogP contribution in [-0.4, -0.2) is 5.66 Å². The van der Waals surface area contributed by atoms with Crippen molar-refractivity contribution in [2.24, 2.45) is 0 Å². The zero-order chi connectivity index (χ0) is 9.26. The van der Waals surface area contributed by atoms with Crippen molar-refractivity contribution in [2.75, 3.05) is 0 Å². The molecule has 1 aromatic carbocycles. The molecule has 0 radical (unpaired) electrons. The molecule has 0 saturated heterocycles. The van der Waals surface area contributed by atoms with Crippen molar-refractivity contribution in [3.8, 4) is 0 Å². The third-order valence-corrected chi connectivity index (χ3v) is 5.50. The molecule has 0 saturated carbocycles. The molecule has 0 bridgehead atoms. The Morgan fingerprint density at radius 2 is 1.92 bits per heavy atom. The van der Waals surface area contributed by atoms with E-state index in [1.54, 1.807) is 5.31 Å². The van der Waals surface area contributed by atoms with Crippen LogP contribution in [-0.2, 0) is 0 Å². The summed E-state index contributed by atoms with van der Waals surface area (Å²) in [5.74, 6) is 0. The maximum absolute atomic E-state index is 2.41. The highest BCUT2D eigenvalue weighted by Crippen LogP contribution is 2.53. The van der Waals surface area contributed by atoms with Gasteiger partial charge in [-0.2, -0.15) is 0 Å². The Hall–Kier alpha value is -0.610. The first-order valence-corrected chi connectivity index (χ1v) is 6.21. The fourth-order valence-electron chi connectivity index (χ4n) is 1.94. The summed E-state index contributed by atoms with van der Waals surface area (Å²) in [4.78, 5) is 0. The lowest BCUT2D eigenvalue weighted by atomic mass is 10.3. The normalized spacial score (nSPS) is 27.4. The second-order valence-corrected chi connectivity index (χ2v) is 6.48. The first-order chi connectivity index (χ1) is 6.29. The van der Waals surface area contributed by atoms with E-state index in [-0.39, 0.29) is 7.92 Å². The van der Waals surface area contributed by atoms with Gasteiger partial charge in [-0.25, -0.2) is 0 Å². The van der Waals surface area contributed by atoms with E-state index in [2.05, 4.69) is 50.3 Å². The van der Waals surface area contributed by atoms with Crippen LogP contribution in [0.2, 0.25) is 0 Å². The van der Waals surface area contributed by atoms with E-state index >= 15 is 0 Å². The molecule has 1 aromatic rings. The predicted molar refractivity (Wildman–Crippen MR) is 60.8 cm³/mol. The quantitative estimate of drug-likeness (QED) is 0.594. The van der Waals surface area contributed by atoms with Crippen LogP contribution in [0.5, 0.6) is 0 Å². The fourth-order valence-corrected chi connectivity index (χ4v) is 4.66. The second kappa shape index (κ2) is 3.64. The monoisotopic (exact) mass is 190 g/mol. The standard InChI is InChI=1S/C12H15P/c1-10-8-9-11(2)13(10)12-6-4-3-5-7-12/h3-8,11H,9H2,1-2H3/t11-,13-/m1/s1. The molecule has 0 unspecified atom stereocenters. The summed E-state index contributed by atoms with van der Waals surface area (Å²) in [6.07, 6.45) is 3.68. The highest BCUT2D eigenvalue weighted by atomic mass is 31.1. The average Bonchev–Trinajstić information content (AvgIpc) is 2.48. The minimum absolute atomic E-state index is 0.00154. The molecule has 0 amide bonds. The van der Waals surface area contributed by atoms with Gasteiger partial charge in [0.25, 0.3) is 0 Å². The van der Waals surface area contributed by atoms with Crippen molar-refractivity contribution in [1.29, 1.82) is 0 Å². The summed E-state index contributed by atoms with van der Waals surface area (Å²) in [5, 5.41) is 3.14. The van der Waals surface area contributed by atoms with Gasteiger partial charge in [0, 0.05) is 0 Å². The van der Waals surface area contributed by atoms with Gasteiger partial charge in [0.1, 0.15) is 0 Å². The van der Waals surface area contributed by atoms with Crippen LogP contribution in [0.4, 0.5) is 0 Å². The maximum Gasteiger partial charge on any atom is -0.0126 e. The molecule has 13 heavy (non-hydrogen) atoms. The zero-order valence-corrected chi connectivity index (χ0v) is 9.09. The Balaban J connectivity index is 2.31. The van der Waals surface area contributed by atoms with Crippen LogP contribution in [0.1, 0.15) is 20.3 Å². The van der Waals surface area contributed by atoms with E-state index in [1.165, 1.54) is 11.7 Å². The Bertz CT molecular complexity index is 313. The van der Waals surface area contributed by atoms with Gasteiger partial charge < -0.3 is 0 Å². The molecule has 1 aliphatic rings. The van der Waals surface area contributed by atoms with Crippen molar-refractivity contribution in [3.05, 3.63) is 41.7 Å². The molecule has 0 aliphatic carbocycles. The summed E-state index contributed by atoms with van der Waals surface area (Å²) >= 11 is 0. The zero-order valence-electron chi connectivity index (χ0n) is 8.20. The first kappa shape index (κ1) is 8.97. The summed E-state index contributed by atoms with van der Waals surface area (Å²) in [6.45, 7) is 4.65. The Kier molecular flexibility index (Phi) is 2.51. The van der Waals surface area contributed by atoms with Gasteiger partial charge in [-0.3, -0.25) is 0 Å². The van der Waals surface area contributed by atoms with E-state index < -0.39 is 0 Å². The number of allylic oxidation sites excluding steroid dienone is 2. The maximum atomic E-state index is 2.41. The smallest absolute Gasteiger partial charge is 0.0126 e. The third-order valence-electron chi connectivity index (χ3n) is 2.61. The molecule has 1 heterocycles. The van der Waals surface area contributed by atoms with Crippen LogP contribution in [0.3, 0.4) is 0 Å². The van der Waals surface area contributed by atoms with Crippen molar-refractivity contribution in [2.45, 2.75) is 25.9 Å². The van der Waals surface area contributed by atoms with E-state index in [0.29, 0.717) is 0 Å². The minimum atomic E-state index is -0.00154. The van der Waals surface area contributed by atoms with Crippen molar-refractivity contribution in [3.63, 3.8) is 0 Å². The lowest BCUT2D eigenvalue weighted by molar-refractivity contribution is 0.991. The number of benzene rings is 1. The number of hydrogen-bond donors (Lipinski definition) is 0. The molecule has 0 N–H and O–H groups in total. The predicted octanol–water partition coefficient (Wildman–Crippen LogP) is 3.49. The molecular weight excluding hydrogens is 175 g/mol. The van der Waals surface area contributed by atoms with E-state index in [4.69, 9.17) is 0 Å². The molecule has 1 aliphatic heterocycles. The number of rotatable bonds is 1. The summed E-state index contributed by atoms with van der Waals surface area (Å²) in [6, 6.07) is 10.9. The molecule has 2 atom stereocenters.